The number of H-pyrrole nitrogens is 1. The first kappa shape index (κ1) is 17.3. The van der Waals surface area contributed by atoms with Gasteiger partial charge in [-0.25, -0.2) is 4.98 Å². The third-order valence-electron chi connectivity index (χ3n) is 4.24. The second kappa shape index (κ2) is 7.14. The number of thiophene rings is 1. The first-order chi connectivity index (χ1) is 12.0. The summed E-state index contributed by atoms with van der Waals surface area (Å²) in [6, 6.07) is 3.65. The van der Waals surface area contributed by atoms with Crippen LogP contribution in [0.15, 0.2) is 29.3 Å². The number of nitrogens with zero attached hydrogens (tertiary/aromatic N) is 2. The number of aryl methyl sites for hydroxylation is 3. The summed E-state index contributed by atoms with van der Waals surface area (Å²) in [5.41, 5.74) is 1.79. The maximum Gasteiger partial charge on any atom is 0.259 e. The first-order valence-corrected chi connectivity index (χ1v) is 8.95. The quantitative estimate of drug-likeness (QED) is 0.736. The fourth-order valence-corrected chi connectivity index (χ4v) is 3.73. The van der Waals surface area contributed by atoms with E-state index in [1.807, 2.05) is 32.9 Å². The van der Waals surface area contributed by atoms with Crippen LogP contribution in [0.5, 0.6) is 0 Å². The van der Waals surface area contributed by atoms with Crippen LogP contribution in [0.4, 0.5) is 0 Å². The smallest absolute Gasteiger partial charge is 0.259 e. The molecular weight excluding hydrogens is 336 g/mol. The zero-order chi connectivity index (χ0) is 18.0. The van der Waals surface area contributed by atoms with E-state index in [0.29, 0.717) is 17.6 Å². The van der Waals surface area contributed by atoms with E-state index in [4.69, 9.17) is 0 Å². The highest BCUT2D eigenvalue weighted by Gasteiger charge is 2.14. The number of pyridine rings is 1. The zero-order valence-corrected chi connectivity index (χ0v) is 15.2. The monoisotopic (exact) mass is 356 g/mol. The Morgan fingerprint density at radius 2 is 2.20 bits per heavy atom. The first-order valence-electron chi connectivity index (χ1n) is 8.14. The van der Waals surface area contributed by atoms with Gasteiger partial charge in [-0.2, -0.15) is 0 Å². The highest BCUT2D eigenvalue weighted by atomic mass is 32.1. The molecule has 3 aromatic rings. The van der Waals surface area contributed by atoms with Gasteiger partial charge in [0.05, 0.1) is 11.4 Å². The van der Waals surface area contributed by atoms with Gasteiger partial charge in [0.2, 0.25) is 5.91 Å². The molecular formula is C18H20N4O2S. The second-order valence-electron chi connectivity index (χ2n) is 6.05. The minimum Gasteiger partial charge on any atom is -0.350 e. The van der Waals surface area contributed by atoms with Gasteiger partial charge >= 0.3 is 0 Å². The standard InChI is InChI=1S/C18H20N4O2S/c1-10-12(3)25-18-16(10)17(24)21-14(22-18)6-7-15(23)20-11(2)13-5-4-8-19-9-13/h4-5,8-9,11H,6-7H2,1-3H3,(H,20,23)(H,21,22,24)/t11-/m0/s1. The lowest BCUT2D eigenvalue weighted by atomic mass is 10.1. The predicted molar refractivity (Wildman–Crippen MR) is 98.8 cm³/mol. The Morgan fingerprint density at radius 1 is 1.40 bits per heavy atom. The van der Waals surface area contributed by atoms with Crippen LogP contribution >= 0.6 is 11.3 Å². The molecule has 0 aromatic carbocycles. The van der Waals surface area contributed by atoms with Crippen LogP contribution in [0.2, 0.25) is 0 Å². The summed E-state index contributed by atoms with van der Waals surface area (Å²) in [7, 11) is 0. The second-order valence-corrected chi connectivity index (χ2v) is 7.25. The summed E-state index contributed by atoms with van der Waals surface area (Å²) < 4.78 is 0. The van der Waals surface area contributed by atoms with Gasteiger partial charge in [-0.1, -0.05) is 6.07 Å². The van der Waals surface area contributed by atoms with Crippen LogP contribution in [0.1, 0.15) is 41.2 Å². The lowest BCUT2D eigenvalue weighted by Gasteiger charge is -2.13. The van der Waals surface area contributed by atoms with Crippen molar-refractivity contribution in [3.63, 3.8) is 0 Å². The molecule has 0 spiro atoms. The minimum absolute atomic E-state index is 0.0855. The molecule has 0 fully saturated rings. The number of hydrogen-bond donors (Lipinski definition) is 2. The molecule has 3 heterocycles. The average molecular weight is 356 g/mol. The molecule has 0 bridgehead atoms. The van der Waals surface area contributed by atoms with E-state index >= 15 is 0 Å². The van der Waals surface area contributed by atoms with E-state index in [2.05, 4.69) is 20.3 Å². The van der Waals surface area contributed by atoms with Crippen LogP contribution < -0.4 is 10.9 Å². The third-order valence-corrected chi connectivity index (χ3v) is 5.34. The lowest BCUT2D eigenvalue weighted by Crippen LogP contribution is -2.27. The van der Waals surface area contributed by atoms with E-state index in [9.17, 15) is 9.59 Å². The Kier molecular flexibility index (Phi) is 4.94. The number of carbonyl (C=O) groups is 1. The Balaban J connectivity index is 1.66. The summed E-state index contributed by atoms with van der Waals surface area (Å²) in [5.74, 6) is 0.459. The number of carbonyl (C=O) groups excluding carboxylic acids is 1. The maximum atomic E-state index is 12.2. The summed E-state index contributed by atoms with van der Waals surface area (Å²) in [4.78, 5) is 37.6. The number of aromatic nitrogens is 3. The summed E-state index contributed by atoms with van der Waals surface area (Å²) >= 11 is 1.51. The number of rotatable bonds is 5. The molecule has 3 rings (SSSR count). The van der Waals surface area contributed by atoms with Crippen LogP contribution in [0.3, 0.4) is 0 Å². The predicted octanol–water partition coefficient (Wildman–Crippen LogP) is 2.81. The molecule has 0 aliphatic rings. The molecule has 7 heteroatoms. The molecule has 0 aliphatic carbocycles. The Labute approximate surface area is 149 Å². The van der Waals surface area contributed by atoms with E-state index in [1.165, 1.54) is 11.3 Å². The van der Waals surface area contributed by atoms with Crippen molar-refractivity contribution < 1.29 is 4.79 Å². The van der Waals surface area contributed by atoms with Crippen molar-refractivity contribution in [3.8, 4) is 0 Å². The molecule has 1 atom stereocenters. The lowest BCUT2D eigenvalue weighted by molar-refractivity contribution is -0.121. The van der Waals surface area contributed by atoms with E-state index < -0.39 is 0 Å². The van der Waals surface area contributed by atoms with Crippen molar-refractivity contribution in [3.05, 3.63) is 56.7 Å². The van der Waals surface area contributed by atoms with Crippen LogP contribution in [-0.2, 0) is 11.2 Å². The van der Waals surface area contributed by atoms with Crippen molar-refractivity contribution >= 4 is 27.5 Å². The number of amides is 1. The molecule has 0 radical (unpaired) electrons. The van der Waals surface area contributed by atoms with Crippen molar-refractivity contribution in [2.24, 2.45) is 0 Å². The topological polar surface area (TPSA) is 87.7 Å². The average Bonchev–Trinajstić information content (AvgIpc) is 2.88. The van der Waals surface area contributed by atoms with Crippen molar-refractivity contribution in [1.82, 2.24) is 20.3 Å². The van der Waals surface area contributed by atoms with E-state index in [-0.39, 0.29) is 23.9 Å². The molecule has 0 saturated heterocycles. The summed E-state index contributed by atoms with van der Waals surface area (Å²) in [6.07, 6.45) is 4.10. The zero-order valence-electron chi connectivity index (χ0n) is 14.4. The molecule has 0 saturated carbocycles. The Hall–Kier alpha value is -2.54. The fraction of sp³-hybridized carbons (Fsp3) is 0.333. The largest absolute Gasteiger partial charge is 0.350 e. The molecule has 2 N–H and O–H groups in total. The van der Waals surface area contributed by atoms with Crippen LogP contribution in [-0.4, -0.2) is 20.9 Å². The van der Waals surface area contributed by atoms with Gasteiger partial charge in [-0.05, 0) is 38.0 Å². The number of nitrogens with one attached hydrogen (secondary N) is 2. The van der Waals surface area contributed by atoms with Gasteiger partial charge in [0.25, 0.3) is 5.56 Å². The van der Waals surface area contributed by atoms with Crippen molar-refractivity contribution in [2.75, 3.05) is 0 Å². The van der Waals surface area contributed by atoms with Crippen molar-refractivity contribution in [1.29, 1.82) is 0 Å². The van der Waals surface area contributed by atoms with E-state index in [0.717, 1.165) is 20.8 Å². The van der Waals surface area contributed by atoms with Gasteiger partial charge in [0, 0.05) is 30.1 Å². The highest BCUT2D eigenvalue weighted by Crippen LogP contribution is 2.25. The molecule has 6 nitrogen and oxygen atoms in total. The van der Waals surface area contributed by atoms with Crippen LogP contribution in [0.25, 0.3) is 10.2 Å². The van der Waals surface area contributed by atoms with Gasteiger partial charge in [0.15, 0.2) is 0 Å². The van der Waals surface area contributed by atoms with Gasteiger partial charge < -0.3 is 10.3 Å². The Morgan fingerprint density at radius 3 is 2.92 bits per heavy atom. The van der Waals surface area contributed by atoms with Gasteiger partial charge in [-0.3, -0.25) is 14.6 Å². The highest BCUT2D eigenvalue weighted by molar-refractivity contribution is 7.18. The fourth-order valence-electron chi connectivity index (χ4n) is 2.68. The molecule has 3 aromatic heterocycles. The molecule has 25 heavy (non-hydrogen) atoms. The van der Waals surface area contributed by atoms with E-state index in [1.54, 1.807) is 12.4 Å². The summed E-state index contributed by atoms with van der Waals surface area (Å²) in [5, 5.41) is 3.59. The minimum atomic E-state index is -0.133. The molecule has 130 valence electrons. The molecule has 1 amide bonds. The SMILES string of the molecule is Cc1sc2nc(CCC(=O)N[C@@H](C)c3cccnc3)[nH]c(=O)c2c1C. The van der Waals surface area contributed by atoms with Crippen LogP contribution in [0, 0.1) is 13.8 Å². The number of hydrogen-bond acceptors (Lipinski definition) is 5. The van der Waals surface area contributed by atoms with Crippen molar-refractivity contribution in [2.45, 2.75) is 39.7 Å². The maximum absolute atomic E-state index is 12.2. The van der Waals surface area contributed by atoms with Gasteiger partial charge in [-0.15, -0.1) is 11.3 Å². The number of fused-ring (bicyclic) bond motifs is 1. The third kappa shape index (κ3) is 3.76. The molecule has 0 unspecified atom stereocenters. The molecule has 0 aliphatic heterocycles. The van der Waals surface area contributed by atoms with Gasteiger partial charge in [0.1, 0.15) is 10.7 Å². The summed E-state index contributed by atoms with van der Waals surface area (Å²) in [6.45, 7) is 5.82. The Bertz CT molecular complexity index is 962. The number of aromatic amines is 1. The normalized spacial score (nSPS) is 12.3.